The molecule has 0 spiro atoms. The molecule has 5 nitrogen and oxygen atoms in total. The van der Waals surface area contributed by atoms with E-state index in [1.807, 2.05) is 4.90 Å². The minimum atomic E-state index is -9.16. The highest BCUT2D eigenvalue weighted by Crippen LogP contribution is 2.72. The highest BCUT2D eigenvalue weighted by atomic mass is 32.2. The summed E-state index contributed by atoms with van der Waals surface area (Å²) in [5.41, 5.74) is -15.1. The molecule has 0 aliphatic rings. The Balaban J connectivity index is 0.00000176. The number of benzene rings is 1. The molecule has 25 heteroatoms. The predicted octanol–water partition coefficient (Wildman–Crippen LogP) is 9.56. The molecule has 53 heavy (non-hydrogen) atoms. The van der Waals surface area contributed by atoms with Gasteiger partial charge in [0, 0.05) is 0 Å². The van der Waals surface area contributed by atoms with Crippen molar-refractivity contribution in [2.24, 2.45) is 5.41 Å². The lowest BCUT2D eigenvalue weighted by atomic mass is 9.66. The Bertz CT molecular complexity index is 1380. The van der Waals surface area contributed by atoms with Crippen molar-refractivity contribution in [3.05, 3.63) is 35.6 Å². The number of hydrogen-bond acceptors (Lipinski definition) is 4. The summed E-state index contributed by atoms with van der Waals surface area (Å²) in [4.78, 5) is 0.357. The van der Waals surface area contributed by atoms with E-state index in [1.54, 1.807) is 0 Å². The molecule has 1 rings (SSSR count). The van der Waals surface area contributed by atoms with Crippen LogP contribution < -0.4 is 9.64 Å². The number of allylic oxidation sites excluding steroid dienone is 2. The van der Waals surface area contributed by atoms with Gasteiger partial charge in [-0.1, -0.05) is 40.0 Å². The Morgan fingerprint density at radius 3 is 1.15 bits per heavy atom. The maximum atomic E-state index is 14.1. The molecule has 0 aromatic heterocycles. The van der Waals surface area contributed by atoms with Crippen molar-refractivity contribution >= 4 is 10.1 Å². The zero-order valence-corrected chi connectivity index (χ0v) is 28.2. The number of halogens is 19. The van der Waals surface area contributed by atoms with Crippen LogP contribution in [0.4, 0.5) is 83.4 Å². The van der Waals surface area contributed by atoms with Gasteiger partial charge in [0.2, 0.25) is 11.2 Å². The van der Waals surface area contributed by atoms with E-state index in [0.717, 1.165) is 0 Å². The second kappa shape index (κ2) is 17.8. The Morgan fingerprint density at radius 2 is 0.925 bits per heavy atom. The summed E-state index contributed by atoms with van der Waals surface area (Å²) >= 11 is 0. The molecule has 312 valence electrons. The monoisotopic (exact) mass is 839 g/mol. The van der Waals surface area contributed by atoms with Crippen LogP contribution in [0.25, 0.3) is 0 Å². The summed E-state index contributed by atoms with van der Waals surface area (Å²) in [6.45, 7) is 11.1. The molecule has 0 unspecified atom stereocenters. The molecular formula is C28H32F19NO4S. The van der Waals surface area contributed by atoms with E-state index in [9.17, 15) is 96.4 Å². The highest BCUT2D eigenvalue weighted by molar-refractivity contribution is 7.85. The van der Waals surface area contributed by atoms with E-state index in [0.29, 0.717) is 0 Å². The van der Waals surface area contributed by atoms with Crippen molar-refractivity contribution in [3.63, 3.8) is 0 Å². The zero-order valence-electron chi connectivity index (χ0n) is 27.4. The van der Waals surface area contributed by atoms with Gasteiger partial charge in [0.25, 0.3) is 0 Å². The fraction of sp³-hybridized carbons (Fsp3) is 0.714. The van der Waals surface area contributed by atoms with Crippen LogP contribution in [0.5, 0.6) is 5.75 Å². The smallest absolute Gasteiger partial charge is 0.454 e. The number of rotatable bonds is 15. The van der Waals surface area contributed by atoms with Crippen molar-refractivity contribution in [1.29, 1.82) is 0 Å². The number of ether oxygens (including phenoxy) is 1. The Kier molecular flexibility index (Phi) is 16.9. The van der Waals surface area contributed by atoms with Crippen LogP contribution in [0.15, 0.2) is 40.5 Å². The number of alkyl halides is 19. The minimum Gasteiger partial charge on any atom is -0.744 e. The van der Waals surface area contributed by atoms with E-state index in [4.69, 9.17) is 0 Å². The first-order chi connectivity index (χ1) is 23.5. The van der Waals surface area contributed by atoms with E-state index >= 15 is 0 Å². The maximum absolute atomic E-state index is 14.1. The maximum Gasteiger partial charge on any atom is 0.454 e. The average Bonchev–Trinajstić information content (AvgIpc) is 2.95. The largest absolute Gasteiger partial charge is 0.744 e. The van der Waals surface area contributed by atoms with Crippen molar-refractivity contribution < 1.29 is 106 Å². The van der Waals surface area contributed by atoms with Crippen molar-refractivity contribution in [2.75, 3.05) is 19.6 Å². The fourth-order valence-electron chi connectivity index (χ4n) is 4.64. The molecule has 1 aromatic carbocycles. The van der Waals surface area contributed by atoms with E-state index in [1.165, 1.54) is 58.2 Å². The Hall–Kier alpha value is -2.70. The Morgan fingerprint density at radius 1 is 0.585 bits per heavy atom. The van der Waals surface area contributed by atoms with E-state index in [2.05, 4.69) is 25.5 Å². The van der Waals surface area contributed by atoms with Gasteiger partial charge in [-0.25, -0.2) is 8.42 Å². The summed E-state index contributed by atoms with van der Waals surface area (Å²) in [5.74, 6) is -25.1. The first-order valence-corrected chi connectivity index (χ1v) is 16.4. The van der Waals surface area contributed by atoms with Crippen LogP contribution in [0.1, 0.15) is 59.3 Å². The Labute approximate surface area is 289 Å². The van der Waals surface area contributed by atoms with Crippen LogP contribution in [0.3, 0.4) is 0 Å². The molecule has 1 aromatic rings. The first kappa shape index (κ1) is 50.3. The number of quaternary nitrogens is 1. The van der Waals surface area contributed by atoms with E-state index < -0.39 is 80.2 Å². The van der Waals surface area contributed by atoms with Gasteiger partial charge in [0.1, 0.15) is 21.4 Å². The predicted molar refractivity (Wildman–Crippen MR) is 145 cm³/mol. The molecule has 0 radical (unpaired) electrons. The molecule has 0 amide bonds. The van der Waals surface area contributed by atoms with Crippen LogP contribution in [0.2, 0.25) is 0 Å². The number of nitrogens with one attached hydrogen (secondary N) is 1. The van der Waals surface area contributed by atoms with Crippen molar-refractivity contribution in [2.45, 2.75) is 107 Å². The van der Waals surface area contributed by atoms with Crippen LogP contribution in [-0.2, 0) is 10.1 Å². The molecule has 0 saturated carbocycles. The highest BCUT2D eigenvalue weighted by Gasteiger charge is 2.96. The van der Waals surface area contributed by atoms with Gasteiger partial charge in [-0.05, 0) is 43.5 Å². The molecule has 0 aliphatic heterocycles. The van der Waals surface area contributed by atoms with Gasteiger partial charge >= 0.3 is 42.7 Å². The second-order valence-corrected chi connectivity index (χ2v) is 12.6. The third-order valence-electron chi connectivity index (χ3n) is 7.21. The molecular weight excluding hydrogens is 807 g/mol. The first-order valence-electron chi connectivity index (χ1n) is 15.0. The average molecular weight is 840 g/mol. The third-order valence-corrected chi connectivity index (χ3v) is 8.06. The van der Waals surface area contributed by atoms with Gasteiger partial charge in [-0.2, -0.15) is 83.4 Å². The third kappa shape index (κ3) is 11.9. The summed E-state index contributed by atoms with van der Waals surface area (Å²) in [6, 6.07) is -1.12. The standard InChI is InChI=1S/C16H5F19O4S.C12H27N/c17-10(18,19)7(8(11(20,21)22)39-5-1-3-6(4-2-5)40(36,37)38)9(14(27,28)29,12(23,24)15(30,31)32)13(25,26)16(33,34)35;1-4-7-10-13(11-8-5-2)12-9-6-3/h1-4H,(H,36,37,38);4-12H2,1-3H3. The SMILES string of the molecule is CCCC[NH+](CCCC)CCCC.O=S(=O)([O-])c1ccc(OC(=C(C(F)(F)F)C(C(F)(F)F)(C(F)(F)C(F)(F)F)C(F)(F)C(F)(F)F)C(F)(F)F)cc1. The molecule has 0 aliphatic carbocycles. The molecule has 1 N–H and O–H groups in total. The molecule has 0 atom stereocenters. The zero-order chi connectivity index (χ0) is 42.3. The van der Waals surface area contributed by atoms with Crippen LogP contribution >= 0.6 is 0 Å². The lowest BCUT2D eigenvalue weighted by Gasteiger charge is -2.48. The minimum absolute atomic E-state index is 0.190. The van der Waals surface area contributed by atoms with Gasteiger partial charge in [0.15, 0.2) is 0 Å². The van der Waals surface area contributed by atoms with Crippen molar-refractivity contribution in [3.8, 4) is 5.75 Å². The van der Waals surface area contributed by atoms with Gasteiger partial charge < -0.3 is 14.2 Å². The van der Waals surface area contributed by atoms with Crippen LogP contribution in [0, 0.1) is 5.41 Å². The van der Waals surface area contributed by atoms with Gasteiger partial charge in [-0.15, -0.1) is 0 Å². The quantitative estimate of drug-likeness (QED) is 0.109. The molecule has 0 saturated heterocycles. The van der Waals surface area contributed by atoms with E-state index in [-0.39, 0.29) is 24.3 Å². The number of hydrogen-bond donors (Lipinski definition) is 1. The lowest BCUT2D eigenvalue weighted by molar-refractivity contribution is -0.900. The number of unbranched alkanes of at least 4 members (excludes halogenated alkanes) is 3. The van der Waals surface area contributed by atoms with Crippen molar-refractivity contribution in [1.82, 2.24) is 0 Å². The van der Waals surface area contributed by atoms with Crippen LogP contribution in [-0.4, -0.2) is 75.3 Å². The van der Waals surface area contributed by atoms with Gasteiger partial charge in [0.05, 0.1) is 24.5 Å². The topological polar surface area (TPSA) is 70.9 Å². The summed E-state index contributed by atoms with van der Waals surface area (Å²) in [7, 11) is -5.55. The summed E-state index contributed by atoms with van der Waals surface area (Å²) in [5, 5.41) is 0. The van der Waals surface area contributed by atoms with Gasteiger partial charge in [-0.3, -0.25) is 0 Å². The molecule has 0 bridgehead atoms. The second-order valence-electron chi connectivity index (χ2n) is 11.2. The molecule has 0 fully saturated rings. The summed E-state index contributed by atoms with van der Waals surface area (Å²) in [6.07, 6.45) is -33.3. The fourth-order valence-corrected chi connectivity index (χ4v) is 5.11. The summed E-state index contributed by atoms with van der Waals surface area (Å²) < 4.78 is 292. The molecule has 0 heterocycles. The normalized spacial score (nSPS) is 14.9. The lowest BCUT2D eigenvalue weighted by Crippen LogP contribution is -3.12.